The molecule has 3 heteroatoms. The summed E-state index contributed by atoms with van der Waals surface area (Å²) in [5.41, 5.74) is 0. The zero-order chi connectivity index (χ0) is 4.41. The first-order valence-corrected chi connectivity index (χ1v) is 5.37. The van der Waals surface area contributed by atoms with E-state index in [-0.39, 0.29) is 21.7 Å². The number of aldehydes is 1. The maximum atomic E-state index is 9.74. The molecule has 1 heterocycles. The fourth-order valence-corrected chi connectivity index (χ4v) is 1.72. The van der Waals surface area contributed by atoms with Crippen molar-refractivity contribution >= 4 is 32.2 Å². The normalized spacial score (nSPS) is 13.4. The molecule has 1 aliphatic rings. The quantitative estimate of drug-likeness (QED) is 0.473. The van der Waals surface area contributed by atoms with Gasteiger partial charge in [0.15, 0.2) is 0 Å². The fourth-order valence-electron chi connectivity index (χ4n) is 0.230. The minimum Gasteiger partial charge on any atom is 0 e. The maximum Gasteiger partial charge on any atom is 0 e. The Balaban J connectivity index is 0.000000360. The third-order valence-electron chi connectivity index (χ3n) is 0.590. The van der Waals surface area contributed by atoms with E-state index < -0.39 is 22.8 Å². The van der Waals surface area contributed by atoms with Gasteiger partial charge in [0.1, 0.15) is 0 Å². The molecule has 0 aromatic carbocycles. The molecule has 0 aromatic heterocycles. The molecule has 0 atom stereocenters. The van der Waals surface area contributed by atoms with E-state index in [4.69, 9.17) is 0 Å². The number of rotatable bonds is 1. The molecule has 7 heavy (non-hydrogen) atoms. The van der Waals surface area contributed by atoms with E-state index >= 15 is 0 Å². The topological polar surface area (TPSA) is 17.1 Å². The van der Waals surface area contributed by atoms with Crippen LogP contribution in [-0.4, -0.2) is 32.2 Å². The monoisotopic (exact) mass is 324 g/mol. The van der Waals surface area contributed by atoms with Crippen molar-refractivity contribution in [2.75, 3.05) is 0 Å². The largest absolute Gasteiger partial charge is 0 e. The Hall–Kier alpha value is 0.877. The average molecular weight is 324 g/mol. The van der Waals surface area contributed by atoms with Gasteiger partial charge in [0, 0.05) is 21.7 Å². The van der Waals surface area contributed by atoms with Gasteiger partial charge in [0.2, 0.25) is 0 Å². The van der Waals surface area contributed by atoms with Gasteiger partial charge in [-0.2, -0.15) is 0 Å². The predicted octanol–water partition coefficient (Wildman–Crippen LogP) is -0.413. The van der Waals surface area contributed by atoms with E-state index in [9.17, 15) is 4.79 Å². The van der Waals surface area contributed by atoms with Gasteiger partial charge < -0.3 is 0 Å². The van der Waals surface area contributed by atoms with Crippen LogP contribution in [-0.2, 0) is 26.5 Å². The average Bonchev–Trinajstić information content (AvgIpc) is 1.31. The first-order chi connectivity index (χ1) is 2.93. The van der Waals surface area contributed by atoms with Crippen LogP contribution >= 0.6 is 0 Å². The van der Waals surface area contributed by atoms with Gasteiger partial charge in [-0.1, -0.05) is 0 Å². The number of carbonyl (C=O) groups is 1. The Labute approximate surface area is 68.1 Å². The second kappa shape index (κ2) is 3.83. The van der Waals surface area contributed by atoms with Crippen molar-refractivity contribution in [3.63, 3.8) is 0 Å². The molecule has 0 radical (unpaired) electrons. The molecule has 0 spiro atoms. The van der Waals surface area contributed by atoms with Crippen LogP contribution in [0.25, 0.3) is 0 Å². The summed E-state index contributed by atoms with van der Waals surface area (Å²) in [6.07, 6.45) is 2.88. The van der Waals surface area contributed by atoms with Crippen LogP contribution in [0.15, 0.2) is 9.86 Å². The van der Waals surface area contributed by atoms with Crippen LogP contribution in [0.2, 0.25) is 0 Å². The van der Waals surface area contributed by atoms with E-state index in [1.807, 2.05) is 6.08 Å². The Morgan fingerprint density at radius 3 is 2.29 bits per heavy atom. The van der Waals surface area contributed by atoms with Crippen LogP contribution < -0.4 is 0 Å². The predicted molar refractivity (Wildman–Crippen MR) is 26.0 cm³/mol. The van der Waals surface area contributed by atoms with Crippen LogP contribution in [0.5, 0.6) is 0 Å². The van der Waals surface area contributed by atoms with Crippen LogP contribution in [0.1, 0.15) is 0 Å². The van der Waals surface area contributed by atoms with Gasteiger partial charge in [-0.05, 0) is 0 Å². The van der Waals surface area contributed by atoms with Gasteiger partial charge in [0.05, 0.1) is 0 Å². The summed E-state index contributed by atoms with van der Waals surface area (Å²) in [6, 6.07) is 0. The SMILES string of the molecule is O=C[C]1=[Bi][CH]=C1.[Ti]. The molecule has 0 fully saturated rings. The molecule has 0 N–H and O–H groups in total. The molecule has 34 valence electrons. The molecule has 0 unspecified atom stereocenters. The molecule has 0 amide bonds. The van der Waals surface area contributed by atoms with Crippen LogP contribution in [0.4, 0.5) is 0 Å². The number of allylic oxidation sites excluding steroid dienone is 1. The molecule has 0 saturated carbocycles. The minimum atomic E-state index is -0.410. The van der Waals surface area contributed by atoms with Crippen molar-refractivity contribution in [2.45, 2.75) is 0 Å². The summed E-state index contributed by atoms with van der Waals surface area (Å²) < 4.78 is 3.24. The molecule has 0 aliphatic carbocycles. The van der Waals surface area contributed by atoms with Crippen molar-refractivity contribution in [2.24, 2.45) is 0 Å². The number of carbonyl (C=O) groups excluding carboxylic acids is 1. The second-order valence-electron chi connectivity index (χ2n) is 0.988. The number of hydrogen-bond donors (Lipinski definition) is 0. The van der Waals surface area contributed by atoms with Gasteiger partial charge in [-0.3, -0.25) is 0 Å². The van der Waals surface area contributed by atoms with Crippen molar-refractivity contribution in [3.8, 4) is 0 Å². The van der Waals surface area contributed by atoms with Crippen molar-refractivity contribution in [1.82, 2.24) is 0 Å². The molecule has 0 saturated heterocycles. The maximum absolute atomic E-state index is 9.74. The molecule has 0 aromatic rings. The molecule has 1 rings (SSSR count). The van der Waals surface area contributed by atoms with E-state index in [2.05, 4.69) is 3.78 Å². The second-order valence-corrected chi connectivity index (χ2v) is 5.16. The third kappa shape index (κ3) is 2.08. The smallest absolute Gasteiger partial charge is 0 e. The summed E-state index contributed by atoms with van der Waals surface area (Å²) in [5, 5.41) is 0. The third-order valence-corrected chi connectivity index (χ3v) is 3.90. The summed E-state index contributed by atoms with van der Waals surface area (Å²) in [4.78, 5) is 9.74. The zero-order valence-electron chi connectivity index (χ0n) is 3.59. The van der Waals surface area contributed by atoms with E-state index in [1.165, 1.54) is 0 Å². The minimum absolute atomic E-state index is 0. The Bertz CT molecular complexity index is 124. The number of hydrogen-bond acceptors (Lipinski definition) is 1. The Morgan fingerprint density at radius 2 is 2.29 bits per heavy atom. The van der Waals surface area contributed by atoms with Gasteiger partial charge in [-0.15, -0.1) is 0 Å². The fraction of sp³-hybridized carbons (Fsp3) is 0. The summed E-state index contributed by atoms with van der Waals surface area (Å²) in [7, 11) is 0. The first kappa shape index (κ1) is 7.88. The Kier molecular flexibility index (Phi) is 4.31. The molecular formula is C4H3BiOTi. The summed E-state index contributed by atoms with van der Waals surface area (Å²) in [6.45, 7) is 0. The van der Waals surface area contributed by atoms with Crippen molar-refractivity contribution < 1.29 is 26.5 Å². The summed E-state index contributed by atoms with van der Waals surface area (Å²) in [5.74, 6) is 0. The van der Waals surface area contributed by atoms with Crippen LogP contribution in [0, 0.1) is 0 Å². The molecule has 0 bridgehead atoms. The van der Waals surface area contributed by atoms with Gasteiger partial charge in [-0.25, -0.2) is 0 Å². The standard InChI is InChI=1S/C4H3O.Bi.Ti/c1-2-3-4-5;;/h1-2,4H;;. The molecule has 1 aliphatic heterocycles. The van der Waals surface area contributed by atoms with Gasteiger partial charge >= 0.3 is 46.9 Å². The summed E-state index contributed by atoms with van der Waals surface area (Å²) >= 11 is -0.410. The van der Waals surface area contributed by atoms with E-state index in [0.29, 0.717) is 0 Å². The Morgan fingerprint density at radius 1 is 1.71 bits per heavy atom. The first-order valence-electron chi connectivity index (χ1n) is 1.63. The van der Waals surface area contributed by atoms with Crippen molar-refractivity contribution in [1.29, 1.82) is 0 Å². The zero-order valence-corrected chi connectivity index (χ0v) is 8.63. The van der Waals surface area contributed by atoms with Crippen molar-refractivity contribution in [3.05, 3.63) is 9.86 Å². The van der Waals surface area contributed by atoms with E-state index in [1.54, 1.807) is 0 Å². The molecule has 1 nitrogen and oxygen atoms in total. The molecular weight excluding hydrogens is 321 g/mol. The van der Waals surface area contributed by atoms with Crippen LogP contribution in [0.3, 0.4) is 0 Å². The van der Waals surface area contributed by atoms with Gasteiger partial charge in [0.25, 0.3) is 0 Å². The van der Waals surface area contributed by atoms with E-state index in [0.717, 1.165) is 9.49 Å².